The average molecular weight is 474 g/mol. The summed E-state index contributed by atoms with van der Waals surface area (Å²) in [7, 11) is -3.81. The minimum atomic E-state index is -3.81. The Morgan fingerprint density at radius 2 is 1.94 bits per heavy atom. The van der Waals surface area contributed by atoms with Crippen molar-refractivity contribution in [2.45, 2.75) is 57.3 Å². The normalized spacial score (nSPS) is 19.9. The lowest BCUT2D eigenvalue weighted by atomic mass is 9.84. The van der Waals surface area contributed by atoms with Gasteiger partial charge >= 0.3 is 5.97 Å². The van der Waals surface area contributed by atoms with Crippen molar-refractivity contribution >= 4 is 32.8 Å². The van der Waals surface area contributed by atoms with Crippen molar-refractivity contribution in [3.05, 3.63) is 35.0 Å². The number of fused-ring (bicyclic) bond motifs is 2. The number of carboxylic acid groups (broad SMARTS) is 1. The van der Waals surface area contributed by atoms with Crippen molar-refractivity contribution < 1.29 is 23.1 Å². The van der Waals surface area contributed by atoms with Crippen molar-refractivity contribution in [3.8, 4) is 0 Å². The fraction of sp³-hybridized carbons (Fsp3) is 0.542. The number of piperidine rings is 1. The summed E-state index contributed by atoms with van der Waals surface area (Å²) in [6.45, 7) is 5.22. The lowest BCUT2D eigenvalue weighted by Crippen LogP contribution is -2.43. The Morgan fingerprint density at radius 3 is 2.61 bits per heavy atom. The van der Waals surface area contributed by atoms with Crippen LogP contribution in [0.25, 0.3) is 10.9 Å². The van der Waals surface area contributed by atoms with E-state index in [4.69, 9.17) is 0 Å². The summed E-state index contributed by atoms with van der Waals surface area (Å²) >= 11 is 0. The quantitative estimate of drug-likeness (QED) is 0.666. The first kappa shape index (κ1) is 23.6. The van der Waals surface area contributed by atoms with Crippen LogP contribution in [0, 0.1) is 11.8 Å². The number of sulfonamides is 1. The molecule has 1 fully saturated rings. The van der Waals surface area contributed by atoms with Crippen LogP contribution >= 0.6 is 0 Å². The van der Waals surface area contributed by atoms with Gasteiger partial charge in [-0.3, -0.25) is 9.78 Å². The fourth-order valence-electron chi connectivity index (χ4n) is 4.90. The zero-order chi connectivity index (χ0) is 23.8. The number of benzene rings is 1. The highest BCUT2D eigenvalue weighted by molar-refractivity contribution is 7.89. The number of pyridine rings is 1. The molecule has 178 valence electrons. The Morgan fingerprint density at radius 1 is 1.21 bits per heavy atom. The number of carbonyl (C=O) groups excluding carboxylic acids is 1. The lowest BCUT2D eigenvalue weighted by molar-refractivity contribution is -0.126. The molecule has 1 atom stereocenters. The van der Waals surface area contributed by atoms with Gasteiger partial charge in [0.2, 0.25) is 15.9 Å². The molecular weight excluding hydrogens is 442 g/mol. The van der Waals surface area contributed by atoms with Gasteiger partial charge in [0, 0.05) is 36.6 Å². The van der Waals surface area contributed by atoms with Crippen LogP contribution in [0.15, 0.2) is 23.1 Å². The van der Waals surface area contributed by atoms with Crippen LogP contribution in [-0.4, -0.2) is 54.3 Å². The number of hydrogen-bond acceptors (Lipinski definition) is 5. The fourth-order valence-corrected chi connectivity index (χ4v) is 6.39. The molecule has 0 saturated carbocycles. The van der Waals surface area contributed by atoms with Crippen molar-refractivity contribution in [3.63, 3.8) is 0 Å². The summed E-state index contributed by atoms with van der Waals surface area (Å²) in [5.41, 5.74) is 2.20. The number of nitrogens with zero attached hydrogens (tertiary/aromatic N) is 2. The SMILES string of the molecule is CCCNC(=O)C1CCN(S(=O)(=O)c2ccc3nc4c(c(C(=O)O)c3c2)CC(C)CC4)CC1. The zero-order valence-electron chi connectivity index (χ0n) is 19.1. The molecule has 2 aliphatic rings. The van der Waals surface area contributed by atoms with E-state index in [-0.39, 0.29) is 35.4 Å². The van der Waals surface area contributed by atoms with Gasteiger partial charge in [-0.1, -0.05) is 13.8 Å². The van der Waals surface area contributed by atoms with E-state index in [1.165, 1.54) is 16.4 Å². The summed E-state index contributed by atoms with van der Waals surface area (Å²) in [6.07, 6.45) is 4.11. The molecule has 4 rings (SSSR count). The van der Waals surface area contributed by atoms with Gasteiger partial charge < -0.3 is 10.4 Å². The third kappa shape index (κ3) is 4.61. The van der Waals surface area contributed by atoms with E-state index in [1.54, 1.807) is 6.07 Å². The third-order valence-electron chi connectivity index (χ3n) is 6.80. The van der Waals surface area contributed by atoms with Crippen LogP contribution in [-0.2, 0) is 27.7 Å². The van der Waals surface area contributed by atoms with E-state index in [0.29, 0.717) is 42.6 Å². The molecule has 1 unspecified atom stereocenters. The highest BCUT2D eigenvalue weighted by atomic mass is 32.2. The number of nitrogens with one attached hydrogen (secondary N) is 1. The molecule has 2 heterocycles. The third-order valence-corrected chi connectivity index (χ3v) is 8.69. The Labute approximate surface area is 194 Å². The summed E-state index contributed by atoms with van der Waals surface area (Å²) in [4.78, 5) is 29.2. The van der Waals surface area contributed by atoms with E-state index >= 15 is 0 Å². The second-order valence-corrected chi connectivity index (χ2v) is 11.2. The van der Waals surface area contributed by atoms with Gasteiger partial charge in [0.1, 0.15) is 0 Å². The second-order valence-electron chi connectivity index (χ2n) is 9.21. The van der Waals surface area contributed by atoms with Crippen molar-refractivity contribution in [2.75, 3.05) is 19.6 Å². The van der Waals surface area contributed by atoms with Crippen LogP contribution in [0.2, 0.25) is 0 Å². The first-order chi connectivity index (χ1) is 15.7. The van der Waals surface area contributed by atoms with Gasteiger partial charge in [-0.2, -0.15) is 4.31 Å². The Bertz CT molecular complexity index is 1190. The maximum absolute atomic E-state index is 13.4. The molecule has 1 aliphatic carbocycles. The topological polar surface area (TPSA) is 117 Å². The summed E-state index contributed by atoms with van der Waals surface area (Å²) in [5, 5.41) is 13.2. The van der Waals surface area contributed by atoms with Crippen LogP contribution in [0.3, 0.4) is 0 Å². The number of amides is 1. The summed E-state index contributed by atoms with van der Waals surface area (Å²) in [6, 6.07) is 4.58. The van der Waals surface area contributed by atoms with Crippen LogP contribution in [0.5, 0.6) is 0 Å². The van der Waals surface area contributed by atoms with E-state index in [1.807, 2.05) is 6.92 Å². The predicted molar refractivity (Wildman–Crippen MR) is 125 cm³/mol. The number of carboxylic acids is 1. The Balaban J connectivity index is 1.64. The zero-order valence-corrected chi connectivity index (χ0v) is 20.0. The smallest absolute Gasteiger partial charge is 0.336 e. The molecule has 33 heavy (non-hydrogen) atoms. The first-order valence-electron chi connectivity index (χ1n) is 11.7. The van der Waals surface area contributed by atoms with E-state index in [0.717, 1.165) is 30.5 Å². The molecule has 9 heteroatoms. The van der Waals surface area contributed by atoms with Crippen LogP contribution in [0.1, 0.15) is 61.1 Å². The lowest BCUT2D eigenvalue weighted by Gasteiger charge is -2.30. The number of aryl methyl sites for hydroxylation is 1. The van der Waals surface area contributed by atoms with Crippen molar-refractivity contribution in [1.82, 2.24) is 14.6 Å². The van der Waals surface area contributed by atoms with Crippen molar-refractivity contribution in [1.29, 1.82) is 0 Å². The molecule has 0 bridgehead atoms. The standard InChI is InChI=1S/C24H31N3O5S/c1-3-10-25-23(28)16-8-11-27(12-9-16)33(31,32)17-5-7-21-19(14-17)22(24(29)30)18-13-15(2)4-6-20(18)26-21/h5,7,14-16H,3-4,6,8-13H2,1-2H3,(H,25,28)(H,29,30). The summed E-state index contributed by atoms with van der Waals surface area (Å²) < 4.78 is 28.1. The molecule has 2 aromatic rings. The van der Waals surface area contributed by atoms with Gasteiger partial charge in [-0.25, -0.2) is 13.2 Å². The minimum Gasteiger partial charge on any atom is -0.478 e. The van der Waals surface area contributed by atoms with Crippen LogP contribution < -0.4 is 5.32 Å². The largest absolute Gasteiger partial charge is 0.478 e. The molecule has 0 spiro atoms. The molecule has 1 aliphatic heterocycles. The number of aromatic carboxylic acids is 1. The monoisotopic (exact) mass is 473 g/mol. The molecule has 2 N–H and O–H groups in total. The molecule has 1 saturated heterocycles. The number of aromatic nitrogens is 1. The Hall–Kier alpha value is -2.52. The molecule has 8 nitrogen and oxygen atoms in total. The highest BCUT2D eigenvalue weighted by Crippen LogP contribution is 2.33. The molecule has 1 aromatic carbocycles. The van der Waals surface area contributed by atoms with Gasteiger partial charge in [0.05, 0.1) is 16.0 Å². The maximum Gasteiger partial charge on any atom is 0.336 e. The number of rotatable bonds is 6. The predicted octanol–water partition coefficient (Wildman–Crippen LogP) is 2.98. The first-order valence-corrected chi connectivity index (χ1v) is 13.1. The van der Waals surface area contributed by atoms with Crippen molar-refractivity contribution in [2.24, 2.45) is 11.8 Å². The molecule has 1 aromatic heterocycles. The number of carbonyl (C=O) groups is 2. The minimum absolute atomic E-state index is 0.0178. The van der Waals surface area contributed by atoms with Gasteiger partial charge in [0.25, 0.3) is 0 Å². The maximum atomic E-state index is 13.4. The second kappa shape index (κ2) is 9.38. The molecule has 1 amide bonds. The highest BCUT2D eigenvalue weighted by Gasteiger charge is 2.33. The van der Waals surface area contributed by atoms with E-state index in [9.17, 15) is 23.1 Å². The summed E-state index contributed by atoms with van der Waals surface area (Å²) in [5.74, 6) is -0.898. The van der Waals surface area contributed by atoms with Crippen LogP contribution in [0.4, 0.5) is 0 Å². The van der Waals surface area contributed by atoms with Gasteiger partial charge in [-0.15, -0.1) is 0 Å². The van der Waals surface area contributed by atoms with Gasteiger partial charge in [0.15, 0.2) is 0 Å². The molecular formula is C24H31N3O5S. The van der Waals surface area contributed by atoms with E-state index < -0.39 is 16.0 Å². The molecule has 0 radical (unpaired) electrons. The van der Waals surface area contributed by atoms with E-state index in [2.05, 4.69) is 17.2 Å². The Kier molecular flexibility index (Phi) is 6.72. The average Bonchev–Trinajstić information content (AvgIpc) is 2.80. The van der Waals surface area contributed by atoms with Gasteiger partial charge in [-0.05, 0) is 68.2 Å². The number of hydrogen-bond donors (Lipinski definition) is 2.